The van der Waals surface area contributed by atoms with E-state index in [1.165, 1.54) is 6.92 Å². The van der Waals surface area contributed by atoms with E-state index < -0.39 is 23.2 Å². The molecule has 0 aromatic heterocycles. The molecule has 0 saturated carbocycles. The topological polar surface area (TPSA) is 49.3 Å². The number of hydrogen-bond donors (Lipinski definition) is 2. The Labute approximate surface area is 108 Å². The molecule has 6 heteroatoms. The lowest BCUT2D eigenvalue weighted by molar-refractivity contribution is -0.144. The summed E-state index contributed by atoms with van der Waals surface area (Å²) in [5.74, 6) is 1.01. The molecule has 0 saturated heterocycles. The van der Waals surface area contributed by atoms with E-state index >= 15 is 0 Å². The zero-order valence-electron chi connectivity index (χ0n) is 10.1. The van der Waals surface area contributed by atoms with Gasteiger partial charge in [0.05, 0.1) is 12.1 Å². The SMILES string of the molecule is C#CCNC(C)(C(=O)O)c1ccc(C(F)(F)F)cc1. The van der Waals surface area contributed by atoms with Gasteiger partial charge in [-0.1, -0.05) is 18.1 Å². The quantitative estimate of drug-likeness (QED) is 0.826. The third-order valence-electron chi connectivity index (χ3n) is 2.76. The highest BCUT2D eigenvalue weighted by Gasteiger charge is 2.36. The number of carbonyl (C=O) groups is 1. The van der Waals surface area contributed by atoms with Crippen LogP contribution in [0.1, 0.15) is 18.1 Å². The van der Waals surface area contributed by atoms with E-state index in [0.29, 0.717) is 0 Å². The standard InChI is InChI=1S/C13H12F3NO2/c1-3-8-17-12(2,11(18)19)9-4-6-10(7-5-9)13(14,15)16/h1,4-7,17H,8H2,2H3,(H,18,19). The van der Waals surface area contributed by atoms with Gasteiger partial charge >= 0.3 is 12.1 Å². The van der Waals surface area contributed by atoms with E-state index in [2.05, 4.69) is 11.2 Å². The largest absolute Gasteiger partial charge is 0.480 e. The molecule has 0 amide bonds. The minimum absolute atomic E-state index is 0.0101. The fourth-order valence-corrected chi connectivity index (χ4v) is 1.52. The average Bonchev–Trinajstić information content (AvgIpc) is 2.34. The highest BCUT2D eigenvalue weighted by atomic mass is 19.4. The summed E-state index contributed by atoms with van der Waals surface area (Å²) in [6.45, 7) is 1.33. The summed E-state index contributed by atoms with van der Waals surface area (Å²) in [5.41, 5.74) is -2.17. The number of nitrogens with one attached hydrogen (secondary N) is 1. The highest BCUT2D eigenvalue weighted by molar-refractivity contribution is 5.80. The van der Waals surface area contributed by atoms with Crippen molar-refractivity contribution in [1.29, 1.82) is 0 Å². The molecule has 1 rings (SSSR count). The molecule has 102 valence electrons. The molecule has 19 heavy (non-hydrogen) atoms. The van der Waals surface area contributed by atoms with Gasteiger partial charge in [-0.15, -0.1) is 6.42 Å². The average molecular weight is 271 g/mol. The summed E-state index contributed by atoms with van der Waals surface area (Å²) in [6.07, 6.45) is 0.587. The van der Waals surface area contributed by atoms with Gasteiger partial charge in [0.15, 0.2) is 0 Å². The molecule has 0 aliphatic rings. The van der Waals surface area contributed by atoms with Crippen LogP contribution in [0.2, 0.25) is 0 Å². The number of halogens is 3. The third-order valence-corrected chi connectivity index (χ3v) is 2.76. The van der Waals surface area contributed by atoms with Gasteiger partial charge in [0.2, 0.25) is 0 Å². The molecule has 1 unspecified atom stereocenters. The predicted octanol–water partition coefficient (Wildman–Crippen LogP) is 2.23. The second kappa shape index (κ2) is 5.33. The first-order valence-corrected chi connectivity index (χ1v) is 5.31. The van der Waals surface area contributed by atoms with Crippen molar-refractivity contribution < 1.29 is 23.1 Å². The van der Waals surface area contributed by atoms with Crippen molar-refractivity contribution in [2.24, 2.45) is 0 Å². The zero-order chi connectivity index (χ0) is 14.7. The Balaban J connectivity index is 3.12. The fraction of sp³-hybridized carbons (Fsp3) is 0.308. The highest BCUT2D eigenvalue weighted by Crippen LogP contribution is 2.31. The summed E-state index contributed by atoms with van der Waals surface area (Å²) in [7, 11) is 0. The first-order chi connectivity index (χ1) is 8.71. The summed E-state index contributed by atoms with van der Waals surface area (Å²) in [4.78, 5) is 11.3. The second-order valence-electron chi connectivity index (χ2n) is 4.06. The van der Waals surface area contributed by atoms with Crippen LogP contribution < -0.4 is 5.32 Å². The van der Waals surface area contributed by atoms with Crippen molar-refractivity contribution in [1.82, 2.24) is 5.32 Å². The molecule has 1 aromatic rings. The van der Waals surface area contributed by atoms with Crippen LogP contribution in [0, 0.1) is 12.3 Å². The lowest BCUT2D eigenvalue weighted by Gasteiger charge is -2.26. The maximum atomic E-state index is 12.4. The minimum Gasteiger partial charge on any atom is -0.480 e. The number of carboxylic acids is 1. The maximum Gasteiger partial charge on any atom is 0.416 e. The first kappa shape index (κ1) is 15.1. The summed E-state index contributed by atoms with van der Waals surface area (Å²) < 4.78 is 37.3. The number of aliphatic carboxylic acids is 1. The van der Waals surface area contributed by atoms with Crippen LogP contribution in [0.25, 0.3) is 0 Å². The smallest absolute Gasteiger partial charge is 0.416 e. The first-order valence-electron chi connectivity index (χ1n) is 5.31. The van der Waals surface area contributed by atoms with Gasteiger partial charge in [0, 0.05) is 0 Å². The van der Waals surface area contributed by atoms with Crippen LogP contribution in [0.15, 0.2) is 24.3 Å². The molecule has 1 atom stereocenters. The Hall–Kier alpha value is -2.00. The zero-order valence-corrected chi connectivity index (χ0v) is 10.1. The number of terminal acetylenes is 1. The van der Waals surface area contributed by atoms with Crippen LogP contribution in [0.4, 0.5) is 13.2 Å². The van der Waals surface area contributed by atoms with Gasteiger partial charge in [-0.05, 0) is 24.6 Å². The monoisotopic (exact) mass is 271 g/mol. The molecule has 1 aromatic carbocycles. The van der Waals surface area contributed by atoms with Crippen molar-refractivity contribution in [2.45, 2.75) is 18.6 Å². The molecule has 2 N–H and O–H groups in total. The molecule has 0 bridgehead atoms. The maximum absolute atomic E-state index is 12.4. The summed E-state index contributed by atoms with van der Waals surface area (Å²) in [6, 6.07) is 3.93. The van der Waals surface area contributed by atoms with Crippen LogP contribution >= 0.6 is 0 Å². The molecule has 0 fully saturated rings. The summed E-state index contributed by atoms with van der Waals surface area (Å²) >= 11 is 0. The number of rotatable bonds is 4. The van der Waals surface area contributed by atoms with Crippen molar-refractivity contribution in [2.75, 3.05) is 6.54 Å². The Morgan fingerprint density at radius 1 is 1.32 bits per heavy atom. The Morgan fingerprint density at radius 3 is 2.16 bits per heavy atom. The normalized spacial score (nSPS) is 14.5. The molecular weight excluding hydrogens is 259 g/mol. The van der Waals surface area contributed by atoms with E-state index in [1.54, 1.807) is 0 Å². The van der Waals surface area contributed by atoms with Gasteiger partial charge in [-0.3, -0.25) is 5.32 Å². The Morgan fingerprint density at radius 2 is 1.79 bits per heavy atom. The number of alkyl halides is 3. The lowest BCUT2D eigenvalue weighted by Crippen LogP contribution is -2.46. The summed E-state index contributed by atoms with van der Waals surface area (Å²) in [5, 5.41) is 11.8. The van der Waals surface area contributed by atoms with E-state index in [0.717, 1.165) is 24.3 Å². The lowest BCUT2D eigenvalue weighted by atomic mass is 9.91. The fourth-order valence-electron chi connectivity index (χ4n) is 1.52. The van der Waals surface area contributed by atoms with Crippen molar-refractivity contribution >= 4 is 5.97 Å². The van der Waals surface area contributed by atoms with Crippen LogP contribution in [0.3, 0.4) is 0 Å². The molecule has 0 aliphatic heterocycles. The van der Waals surface area contributed by atoms with Crippen LogP contribution in [-0.4, -0.2) is 17.6 Å². The third kappa shape index (κ3) is 3.26. The Kier molecular flexibility index (Phi) is 4.22. The van der Waals surface area contributed by atoms with Gasteiger partial charge in [0.25, 0.3) is 0 Å². The molecular formula is C13H12F3NO2. The van der Waals surface area contributed by atoms with Crippen LogP contribution in [0.5, 0.6) is 0 Å². The Bertz CT molecular complexity index is 502. The minimum atomic E-state index is -4.45. The number of carboxylic acid groups (broad SMARTS) is 1. The van der Waals surface area contributed by atoms with E-state index in [1.807, 2.05) is 0 Å². The van der Waals surface area contributed by atoms with Crippen LogP contribution in [-0.2, 0) is 16.5 Å². The van der Waals surface area contributed by atoms with Crippen molar-refractivity contribution in [3.8, 4) is 12.3 Å². The van der Waals surface area contributed by atoms with Gasteiger partial charge in [0.1, 0.15) is 5.54 Å². The molecule has 0 heterocycles. The van der Waals surface area contributed by atoms with Crippen molar-refractivity contribution in [3.63, 3.8) is 0 Å². The second-order valence-corrected chi connectivity index (χ2v) is 4.06. The van der Waals surface area contributed by atoms with Gasteiger partial charge < -0.3 is 5.11 Å². The van der Waals surface area contributed by atoms with E-state index in [4.69, 9.17) is 6.42 Å². The van der Waals surface area contributed by atoms with Gasteiger partial charge in [-0.2, -0.15) is 13.2 Å². The predicted molar refractivity (Wildman–Crippen MR) is 63.3 cm³/mol. The van der Waals surface area contributed by atoms with E-state index in [-0.39, 0.29) is 12.1 Å². The van der Waals surface area contributed by atoms with E-state index in [9.17, 15) is 23.1 Å². The number of benzene rings is 1. The van der Waals surface area contributed by atoms with Gasteiger partial charge in [-0.25, -0.2) is 4.79 Å². The number of hydrogen-bond acceptors (Lipinski definition) is 2. The molecule has 3 nitrogen and oxygen atoms in total. The molecule has 0 radical (unpaired) electrons. The molecule has 0 aliphatic carbocycles. The molecule has 0 spiro atoms. The van der Waals surface area contributed by atoms with Crippen molar-refractivity contribution in [3.05, 3.63) is 35.4 Å².